The van der Waals surface area contributed by atoms with E-state index in [1.54, 1.807) is 20.4 Å². The molecule has 0 bridgehead atoms. The molecule has 16 heavy (non-hydrogen) atoms. The Labute approximate surface area is 93.3 Å². The molecule has 0 radical (unpaired) electrons. The summed E-state index contributed by atoms with van der Waals surface area (Å²) in [6.45, 7) is 0. The van der Waals surface area contributed by atoms with Gasteiger partial charge in [0.25, 0.3) is 0 Å². The molecule has 2 rings (SSSR count). The van der Waals surface area contributed by atoms with E-state index >= 15 is 0 Å². The van der Waals surface area contributed by atoms with Crippen LogP contribution < -0.4 is 10.1 Å². The number of ether oxygens (including phenoxy) is 1. The molecule has 6 heteroatoms. The molecule has 0 atom stereocenters. The fourth-order valence-electron chi connectivity index (χ4n) is 1.50. The molecule has 0 aliphatic heterocycles. The van der Waals surface area contributed by atoms with Crippen LogP contribution in [0.5, 0.6) is 5.75 Å². The van der Waals surface area contributed by atoms with Crippen molar-refractivity contribution in [2.24, 2.45) is 7.05 Å². The monoisotopic (exact) mass is 219 g/mol. The van der Waals surface area contributed by atoms with Crippen LogP contribution in [0.25, 0.3) is 11.5 Å². The predicted molar refractivity (Wildman–Crippen MR) is 60.3 cm³/mol. The van der Waals surface area contributed by atoms with Gasteiger partial charge < -0.3 is 14.6 Å². The van der Waals surface area contributed by atoms with E-state index in [-0.39, 0.29) is 0 Å². The number of nitrogens with zero attached hydrogens (tertiary/aromatic N) is 4. The maximum Gasteiger partial charge on any atom is 0.190 e. The van der Waals surface area contributed by atoms with Crippen LogP contribution in [0.2, 0.25) is 0 Å². The van der Waals surface area contributed by atoms with E-state index in [2.05, 4.69) is 20.3 Å². The Kier molecular flexibility index (Phi) is 2.72. The molecular weight excluding hydrogens is 206 g/mol. The zero-order valence-corrected chi connectivity index (χ0v) is 9.43. The molecule has 0 fully saturated rings. The van der Waals surface area contributed by atoms with Gasteiger partial charge in [0.05, 0.1) is 7.11 Å². The fraction of sp³-hybridized carbons (Fsp3) is 0.300. The van der Waals surface area contributed by atoms with Crippen LogP contribution in [0.1, 0.15) is 0 Å². The average molecular weight is 219 g/mol. The number of methoxy groups -OCH3 is 1. The summed E-state index contributed by atoms with van der Waals surface area (Å²) < 4.78 is 7.18. The van der Waals surface area contributed by atoms with Gasteiger partial charge in [0.1, 0.15) is 6.33 Å². The first-order valence-electron chi connectivity index (χ1n) is 4.82. The molecule has 0 saturated heterocycles. The second-order valence-corrected chi connectivity index (χ2v) is 3.22. The van der Waals surface area contributed by atoms with Crippen LogP contribution in [0.15, 0.2) is 18.7 Å². The Morgan fingerprint density at radius 2 is 2.12 bits per heavy atom. The van der Waals surface area contributed by atoms with Crippen molar-refractivity contribution in [3.63, 3.8) is 0 Å². The Morgan fingerprint density at radius 1 is 1.31 bits per heavy atom. The van der Waals surface area contributed by atoms with E-state index in [1.165, 1.54) is 6.33 Å². The predicted octanol–water partition coefficient (Wildman–Crippen LogP) is 0.927. The number of hydrogen-bond donors (Lipinski definition) is 1. The highest BCUT2D eigenvalue weighted by atomic mass is 16.5. The summed E-state index contributed by atoms with van der Waals surface area (Å²) in [6, 6.07) is 0. The molecule has 0 aliphatic rings. The number of aromatic nitrogens is 4. The second kappa shape index (κ2) is 4.18. The molecule has 6 nitrogen and oxygen atoms in total. The van der Waals surface area contributed by atoms with Crippen molar-refractivity contribution in [3.8, 4) is 17.3 Å². The topological polar surface area (TPSA) is 64.9 Å². The number of imidazole rings is 1. The first kappa shape index (κ1) is 10.4. The normalized spacial score (nSPS) is 10.2. The van der Waals surface area contributed by atoms with Crippen LogP contribution >= 0.6 is 0 Å². The maximum atomic E-state index is 5.31. The standard InChI is InChI=1S/C10H13N5O/c1-11-9-8(16-3)7(13-6-14-9)10-12-4-5-15(10)2/h4-6H,1-3H3,(H,11,13,14). The lowest BCUT2D eigenvalue weighted by molar-refractivity contribution is 0.414. The molecule has 2 aromatic rings. The minimum atomic E-state index is 0.597. The average Bonchev–Trinajstić information content (AvgIpc) is 2.74. The first-order chi connectivity index (χ1) is 7.77. The highest BCUT2D eigenvalue weighted by Gasteiger charge is 2.15. The van der Waals surface area contributed by atoms with E-state index in [0.29, 0.717) is 17.3 Å². The number of aryl methyl sites for hydroxylation is 1. The Bertz CT molecular complexity index is 494. The van der Waals surface area contributed by atoms with Gasteiger partial charge in [-0.1, -0.05) is 0 Å². The second-order valence-electron chi connectivity index (χ2n) is 3.22. The van der Waals surface area contributed by atoms with Gasteiger partial charge in [-0.3, -0.25) is 0 Å². The largest absolute Gasteiger partial charge is 0.491 e. The van der Waals surface area contributed by atoms with Crippen molar-refractivity contribution < 1.29 is 4.74 Å². The van der Waals surface area contributed by atoms with Gasteiger partial charge >= 0.3 is 0 Å². The molecule has 0 amide bonds. The zero-order chi connectivity index (χ0) is 11.5. The third kappa shape index (κ3) is 1.58. The summed E-state index contributed by atoms with van der Waals surface area (Å²) in [7, 11) is 5.28. The van der Waals surface area contributed by atoms with Crippen LogP contribution in [-0.2, 0) is 7.05 Å². The SMILES string of the molecule is CNc1ncnc(-c2nccn2C)c1OC. The fourth-order valence-corrected chi connectivity index (χ4v) is 1.50. The van der Waals surface area contributed by atoms with Crippen molar-refractivity contribution in [2.75, 3.05) is 19.5 Å². The van der Waals surface area contributed by atoms with Crippen molar-refractivity contribution in [2.45, 2.75) is 0 Å². The van der Waals surface area contributed by atoms with Crippen molar-refractivity contribution >= 4 is 5.82 Å². The van der Waals surface area contributed by atoms with E-state index in [9.17, 15) is 0 Å². The minimum absolute atomic E-state index is 0.597. The van der Waals surface area contributed by atoms with Crippen LogP contribution in [-0.4, -0.2) is 33.7 Å². The lowest BCUT2D eigenvalue weighted by atomic mass is 10.3. The van der Waals surface area contributed by atoms with E-state index in [4.69, 9.17) is 4.74 Å². The Balaban J connectivity index is 2.61. The molecule has 0 aliphatic carbocycles. The Hall–Kier alpha value is -2.11. The van der Waals surface area contributed by atoms with Gasteiger partial charge in [0.15, 0.2) is 23.1 Å². The van der Waals surface area contributed by atoms with Gasteiger partial charge in [-0.25, -0.2) is 15.0 Å². The molecule has 0 aromatic carbocycles. The number of nitrogens with one attached hydrogen (secondary N) is 1. The van der Waals surface area contributed by atoms with Gasteiger partial charge in [0, 0.05) is 26.5 Å². The molecule has 1 N–H and O–H groups in total. The minimum Gasteiger partial charge on any atom is -0.491 e. The van der Waals surface area contributed by atoms with Gasteiger partial charge in [-0.15, -0.1) is 0 Å². The van der Waals surface area contributed by atoms with Gasteiger partial charge in [0.2, 0.25) is 0 Å². The lowest BCUT2D eigenvalue weighted by Gasteiger charge is -2.10. The van der Waals surface area contributed by atoms with Crippen molar-refractivity contribution in [3.05, 3.63) is 18.7 Å². The third-order valence-electron chi connectivity index (χ3n) is 2.28. The molecule has 0 unspecified atom stereocenters. The summed E-state index contributed by atoms with van der Waals surface area (Å²) in [6.07, 6.45) is 5.06. The van der Waals surface area contributed by atoms with Crippen molar-refractivity contribution in [1.29, 1.82) is 0 Å². The molecule has 2 aromatic heterocycles. The highest BCUT2D eigenvalue weighted by Crippen LogP contribution is 2.31. The quantitative estimate of drug-likeness (QED) is 0.831. The summed E-state index contributed by atoms with van der Waals surface area (Å²) in [5.74, 6) is 1.99. The summed E-state index contributed by atoms with van der Waals surface area (Å²) in [5.41, 5.74) is 0.675. The van der Waals surface area contributed by atoms with Crippen LogP contribution in [0.3, 0.4) is 0 Å². The van der Waals surface area contributed by atoms with Crippen LogP contribution in [0, 0.1) is 0 Å². The molecule has 84 valence electrons. The van der Waals surface area contributed by atoms with E-state index < -0.39 is 0 Å². The number of anilines is 1. The molecular formula is C10H13N5O. The lowest BCUT2D eigenvalue weighted by Crippen LogP contribution is -2.03. The summed E-state index contributed by atoms with van der Waals surface area (Å²) in [5, 5.41) is 2.96. The van der Waals surface area contributed by atoms with Crippen molar-refractivity contribution in [1.82, 2.24) is 19.5 Å². The number of hydrogen-bond acceptors (Lipinski definition) is 5. The van der Waals surface area contributed by atoms with Gasteiger partial charge in [-0.05, 0) is 0 Å². The number of rotatable bonds is 3. The van der Waals surface area contributed by atoms with E-state index in [1.807, 2.05) is 17.8 Å². The Morgan fingerprint density at radius 3 is 2.69 bits per heavy atom. The third-order valence-corrected chi connectivity index (χ3v) is 2.28. The highest BCUT2D eigenvalue weighted by molar-refractivity contribution is 5.68. The summed E-state index contributed by atoms with van der Waals surface area (Å²) in [4.78, 5) is 12.5. The maximum absolute atomic E-state index is 5.31. The van der Waals surface area contributed by atoms with Crippen LogP contribution in [0.4, 0.5) is 5.82 Å². The van der Waals surface area contributed by atoms with E-state index in [0.717, 1.165) is 5.82 Å². The summed E-state index contributed by atoms with van der Waals surface area (Å²) >= 11 is 0. The zero-order valence-electron chi connectivity index (χ0n) is 9.43. The first-order valence-corrected chi connectivity index (χ1v) is 4.82. The van der Waals surface area contributed by atoms with Gasteiger partial charge in [-0.2, -0.15) is 0 Å². The smallest absolute Gasteiger partial charge is 0.190 e. The molecule has 2 heterocycles. The molecule has 0 saturated carbocycles. The molecule has 0 spiro atoms.